The fraction of sp³-hybridized carbons (Fsp3) is 0.222. The number of benzene rings is 2. The summed E-state index contributed by atoms with van der Waals surface area (Å²) in [6, 6.07) is 9.69. The van der Waals surface area contributed by atoms with Gasteiger partial charge < -0.3 is 20.1 Å². The van der Waals surface area contributed by atoms with Crippen molar-refractivity contribution in [3.63, 3.8) is 0 Å². The molecule has 2 aromatic carbocycles. The number of nitrogens with one attached hydrogen (secondary N) is 2. The molecular weight excluding hydrogens is 379 g/mol. The standard InChI is InChI=1S/C18H18Cl2N2O4/c1-25-14-4-3-5-15(26-2)16(14)18(24)22-9-8-21-17(23)12-10-11(19)6-7-13(12)20/h3-7,10H,8-9H2,1-2H3,(H,21,23)(H,22,24). The van der Waals surface area contributed by atoms with Crippen LogP contribution >= 0.6 is 23.2 Å². The van der Waals surface area contributed by atoms with Crippen molar-refractivity contribution in [3.05, 3.63) is 57.6 Å². The Kier molecular flexibility index (Phi) is 7.12. The summed E-state index contributed by atoms with van der Waals surface area (Å²) in [5.74, 6) is 0.0594. The molecule has 2 rings (SSSR count). The van der Waals surface area contributed by atoms with Crippen molar-refractivity contribution in [2.45, 2.75) is 0 Å². The van der Waals surface area contributed by atoms with Crippen LogP contribution in [0.1, 0.15) is 20.7 Å². The molecule has 0 spiro atoms. The van der Waals surface area contributed by atoms with Crippen molar-refractivity contribution in [2.75, 3.05) is 27.3 Å². The summed E-state index contributed by atoms with van der Waals surface area (Å²) in [4.78, 5) is 24.5. The van der Waals surface area contributed by atoms with Crippen LogP contribution in [0.2, 0.25) is 10.0 Å². The van der Waals surface area contributed by atoms with E-state index in [-0.39, 0.29) is 30.5 Å². The van der Waals surface area contributed by atoms with Crippen LogP contribution in [0.25, 0.3) is 0 Å². The summed E-state index contributed by atoms with van der Waals surface area (Å²) in [6.45, 7) is 0.425. The zero-order valence-electron chi connectivity index (χ0n) is 14.3. The minimum absolute atomic E-state index is 0.212. The van der Waals surface area contributed by atoms with Crippen molar-refractivity contribution in [3.8, 4) is 11.5 Å². The van der Waals surface area contributed by atoms with E-state index in [1.165, 1.54) is 20.3 Å². The van der Waals surface area contributed by atoms with Crippen LogP contribution in [-0.2, 0) is 0 Å². The molecule has 0 aliphatic carbocycles. The number of ether oxygens (including phenoxy) is 2. The number of carbonyl (C=O) groups excluding carboxylic acids is 2. The van der Waals surface area contributed by atoms with E-state index >= 15 is 0 Å². The SMILES string of the molecule is COc1cccc(OC)c1C(=O)NCCNC(=O)c1cc(Cl)ccc1Cl. The Labute approximate surface area is 161 Å². The van der Waals surface area contributed by atoms with E-state index in [0.717, 1.165) is 0 Å². The summed E-state index contributed by atoms with van der Waals surface area (Å²) in [5, 5.41) is 6.09. The number of rotatable bonds is 7. The molecule has 0 aliphatic rings. The first-order chi connectivity index (χ1) is 12.5. The molecule has 8 heteroatoms. The molecule has 0 saturated heterocycles. The van der Waals surface area contributed by atoms with Crippen molar-refractivity contribution in [1.29, 1.82) is 0 Å². The molecule has 0 unspecified atom stereocenters. The lowest BCUT2D eigenvalue weighted by Crippen LogP contribution is -2.35. The minimum atomic E-state index is -0.373. The van der Waals surface area contributed by atoms with Crippen molar-refractivity contribution < 1.29 is 19.1 Å². The maximum atomic E-state index is 12.4. The molecule has 2 N–H and O–H groups in total. The molecular formula is C18H18Cl2N2O4. The predicted octanol–water partition coefficient (Wildman–Crippen LogP) is 3.17. The maximum absolute atomic E-state index is 12.4. The normalized spacial score (nSPS) is 10.2. The van der Waals surface area contributed by atoms with E-state index < -0.39 is 0 Å². The Morgan fingerprint density at radius 3 is 2.08 bits per heavy atom. The van der Waals surface area contributed by atoms with Gasteiger partial charge in [-0.1, -0.05) is 29.3 Å². The van der Waals surface area contributed by atoms with Gasteiger partial charge in [0.1, 0.15) is 17.1 Å². The molecule has 0 aliphatic heterocycles. The van der Waals surface area contributed by atoms with Gasteiger partial charge in [-0.15, -0.1) is 0 Å². The van der Waals surface area contributed by atoms with Gasteiger partial charge in [0.05, 0.1) is 24.8 Å². The molecule has 0 bridgehead atoms. The third-order valence-electron chi connectivity index (χ3n) is 3.52. The monoisotopic (exact) mass is 396 g/mol. The average molecular weight is 397 g/mol. The van der Waals surface area contributed by atoms with E-state index in [0.29, 0.717) is 27.1 Å². The van der Waals surface area contributed by atoms with Crippen molar-refractivity contribution in [2.24, 2.45) is 0 Å². The average Bonchev–Trinajstić information content (AvgIpc) is 2.65. The fourth-order valence-electron chi connectivity index (χ4n) is 2.28. The quantitative estimate of drug-likeness (QED) is 0.704. The number of carbonyl (C=O) groups is 2. The number of halogens is 2. The van der Waals surface area contributed by atoms with Gasteiger partial charge in [0, 0.05) is 18.1 Å². The summed E-state index contributed by atoms with van der Waals surface area (Å²) < 4.78 is 10.4. The predicted molar refractivity (Wildman–Crippen MR) is 101 cm³/mol. The molecule has 138 valence electrons. The highest BCUT2D eigenvalue weighted by molar-refractivity contribution is 6.35. The second-order valence-corrected chi connectivity index (χ2v) is 6.02. The lowest BCUT2D eigenvalue weighted by atomic mass is 10.1. The van der Waals surface area contributed by atoms with E-state index in [2.05, 4.69) is 10.6 Å². The summed E-state index contributed by atoms with van der Waals surface area (Å²) in [5.41, 5.74) is 0.568. The van der Waals surface area contributed by atoms with Gasteiger partial charge in [0.15, 0.2) is 0 Å². The van der Waals surface area contributed by atoms with Gasteiger partial charge in [0.25, 0.3) is 11.8 Å². The molecule has 2 amide bonds. The molecule has 2 aromatic rings. The van der Waals surface area contributed by atoms with Gasteiger partial charge in [-0.05, 0) is 30.3 Å². The molecule has 0 heterocycles. The third-order valence-corrected chi connectivity index (χ3v) is 4.09. The van der Waals surface area contributed by atoms with Gasteiger partial charge in [-0.3, -0.25) is 9.59 Å². The zero-order chi connectivity index (χ0) is 19.1. The highest BCUT2D eigenvalue weighted by Crippen LogP contribution is 2.27. The molecule has 6 nitrogen and oxygen atoms in total. The van der Waals surface area contributed by atoms with Crippen LogP contribution in [0.15, 0.2) is 36.4 Å². The van der Waals surface area contributed by atoms with Gasteiger partial charge in [-0.25, -0.2) is 0 Å². The number of hydrogen-bond acceptors (Lipinski definition) is 4. The zero-order valence-corrected chi connectivity index (χ0v) is 15.8. The Bertz CT molecular complexity index is 790. The van der Waals surface area contributed by atoms with Crippen LogP contribution in [0.4, 0.5) is 0 Å². The first-order valence-corrected chi connectivity index (χ1v) is 8.46. The topological polar surface area (TPSA) is 76.7 Å². The number of methoxy groups -OCH3 is 2. The van der Waals surface area contributed by atoms with Gasteiger partial charge in [0.2, 0.25) is 0 Å². The molecule has 0 fully saturated rings. The highest BCUT2D eigenvalue weighted by atomic mass is 35.5. The summed E-state index contributed by atoms with van der Waals surface area (Å²) in [7, 11) is 2.95. The molecule has 26 heavy (non-hydrogen) atoms. The molecule has 0 atom stereocenters. The van der Waals surface area contributed by atoms with Crippen LogP contribution in [-0.4, -0.2) is 39.1 Å². The summed E-state index contributed by atoms with van der Waals surface area (Å²) in [6.07, 6.45) is 0. The van der Waals surface area contributed by atoms with E-state index in [1.54, 1.807) is 30.3 Å². The smallest absolute Gasteiger partial charge is 0.258 e. The van der Waals surface area contributed by atoms with Crippen molar-refractivity contribution in [1.82, 2.24) is 10.6 Å². The Morgan fingerprint density at radius 2 is 1.50 bits per heavy atom. The maximum Gasteiger partial charge on any atom is 0.258 e. The van der Waals surface area contributed by atoms with Crippen LogP contribution in [0, 0.1) is 0 Å². The van der Waals surface area contributed by atoms with Gasteiger partial charge >= 0.3 is 0 Å². The van der Waals surface area contributed by atoms with E-state index in [9.17, 15) is 9.59 Å². The lowest BCUT2D eigenvalue weighted by molar-refractivity contribution is 0.0924. The highest BCUT2D eigenvalue weighted by Gasteiger charge is 2.18. The third kappa shape index (κ3) is 4.80. The van der Waals surface area contributed by atoms with Gasteiger partial charge in [-0.2, -0.15) is 0 Å². The first-order valence-electron chi connectivity index (χ1n) is 7.70. The van der Waals surface area contributed by atoms with Crippen LogP contribution < -0.4 is 20.1 Å². The first kappa shape index (κ1) is 19.9. The second kappa shape index (κ2) is 9.31. The lowest BCUT2D eigenvalue weighted by Gasteiger charge is -2.13. The largest absolute Gasteiger partial charge is 0.496 e. The Morgan fingerprint density at radius 1 is 0.923 bits per heavy atom. The minimum Gasteiger partial charge on any atom is -0.496 e. The number of amides is 2. The fourth-order valence-corrected chi connectivity index (χ4v) is 2.66. The van der Waals surface area contributed by atoms with E-state index in [4.69, 9.17) is 32.7 Å². The molecule has 0 aromatic heterocycles. The molecule has 0 saturated carbocycles. The van der Waals surface area contributed by atoms with Crippen molar-refractivity contribution >= 4 is 35.0 Å². The van der Waals surface area contributed by atoms with E-state index in [1.807, 2.05) is 0 Å². The Hall–Kier alpha value is -2.44. The molecule has 0 radical (unpaired) electrons. The van der Waals surface area contributed by atoms with Crippen LogP contribution in [0.5, 0.6) is 11.5 Å². The van der Waals surface area contributed by atoms with Crippen LogP contribution in [0.3, 0.4) is 0 Å². The summed E-state index contributed by atoms with van der Waals surface area (Å²) >= 11 is 11.9. The second-order valence-electron chi connectivity index (χ2n) is 5.17. The number of hydrogen-bond donors (Lipinski definition) is 2. The Balaban J connectivity index is 1.93.